The molecule has 3 amide bonds. The molecular weight excluding hydrogens is 296 g/mol. The largest absolute Gasteiger partial charge is 0.346 e. The molecule has 1 aromatic carbocycles. The van der Waals surface area contributed by atoms with Crippen molar-refractivity contribution in [3.05, 3.63) is 34.9 Å². The van der Waals surface area contributed by atoms with E-state index in [0.29, 0.717) is 30.6 Å². The molecule has 2 atom stereocenters. The molecule has 3 aliphatic rings. The van der Waals surface area contributed by atoms with E-state index in [0.717, 1.165) is 5.56 Å². The first-order chi connectivity index (χ1) is 11.0. The van der Waals surface area contributed by atoms with E-state index in [-0.39, 0.29) is 19.1 Å². The summed E-state index contributed by atoms with van der Waals surface area (Å²) < 4.78 is 5.37. The Morgan fingerprint density at radius 1 is 1.22 bits per heavy atom. The van der Waals surface area contributed by atoms with Crippen LogP contribution >= 0.6 is 0 Å². The number of epoxide rings is 1. The second kappa shape index (κ2) is 5.45. The predicted molar refractivity (Wildman–Crippen MR) is 85.0 cm³/mol. The molecule has 23 heavy (non-hydrogen) atoms. The molecular formula is C17H22N2O4. The summed E-state index contributed by atoms with van der Waals surface area (Å²) >= 11 is 0. The molecule has 2 saturated heterocycles. The van der Waals surface area contributed by atoms with Crippen LogP contribution in [0, 0.1) is 6.92 Å². The Balaban J connectivity index is 0.000000670. The third kappa shape index (κ3) is 2.34. The number of hydrogen-bond acceptors (Lipinski definition) is 4. The first-order valence-electron chi connectivity index (χ1n) is 7.95. The van der Waals surface area contributed by atoms with Crippen LogP contribution in [0.2, 0.25) is 0 Å². The van der Waals surface area contributed by atoms with Crippen LogP contribution in [0.25, 0.3) is 0 Å². The van der Waals surface area contributed by atoms with Crippen molar-refractivity contribution in [1.29, 1.82) is 0 Å². The summed E-state index contributed by atoms with van der Waals surface area (Å²) in [5.74, 6) is -0.697. The van der Waals surface area contributed by atoms with Crippen molar-refractivity contribution in [1.82, 2.24) is 10.2 Å². The summed E-state index contributed by atoms with van der Waals surface area (Å²) in [7, 11) is 0. The number of ether oxygens (including phenoxy) is 1. The van der Waals surface area contributed by atoms with Crippen molar-refractivity contribution >= 4 is 17.7 Å². The lowest BCUT2D eigenvalue weighted by Gasteiger charge is -2.34. The fourth-order valence-corrected chi connectivity index (χ4v) is 3.22. The van der Waals surface area contributed by atoms with E-state index in [4.69, 9.17) is 4.74 Å². The van der Waals surface area contributed by atoms with Gasteiger partial charge in [0.25, 0.3) is 11.8 Å². The highest BCUT2D eigenvalue weighted by Crippen LogP contribution is 2.40. The molecule has 0 saturated carbocycles. The normalized spacial score (nSPS) is 28.2. The van der Waals surface area contributed by atoms with E-state index in [1.165, 1.54) is 4.90 Å². The van der Waals surface area contributed by atoms with Crippen molar-refractivity contribution in [3.8, 4) is 0 Å². The molecule has 0 bridgehead atoms. The minimum Gasteiger partial charge on any atom is -0.346 e. The topological polar surface area (TPSA) is 79.0 Å². The van der Waals surface area contributed by atoms with Gasteiger partial charge >= 0.3 is 0 Å². The smallest absolute Gasteiger partial charge is 0.261 e. The van der Waals surface area contributed by atoms with Crippen LogP contribution in [0.1, 0.15) is 54.4 Å². The monoisotopic (exact) mass is 318 g/mol. The summed E-state index contributed by atoms with van der Waals surface area (Å²) in [6.07, 6.45) is 0.735. The molecule has 124 valence electrons. The maximum absolute atomic E-state index is 12.6. The van der Waals surface area contributed by atoms with Gasteiger partial charge in [0, 0.05) is 7.85 Å². The fraction of sp³-hybridized carbons (Fsp3) is 0.471. The number of piperidine rings is 1. The molecule has 3 aliphatic heterocycles. The Labute approximate surface area is 136 Å². The van der Waals surface area contributed by atoms with Crippen LogP contribution in [-0.4, -0.2) is 41.0 Å². The molecule has 1 N–H and O–H groups in total. The number of fused-ring (bicyclic) bond motifs is 1. The van der Waals surface area contributed by atoms with Gasteiger partial charge in [0.05, 0.1) is 23.8 Å². The minimum absolute atomic E-state index is 0. The van der Waals surface area contributed by atoms with Gasteiger partial charge in [0.1, 0.15) is 0 Å². The maximum atomic E-state index is 12.6. The van der Waals surface area contributed by atoms with Crippen molar-refractivity contribution in [3.63, 3.8) is 0 Å². The highest BCUT2D eigenvalue weighted by atomic mass is 16.6. The van der Waals surface area contributed by atoms with Crippen molar-refractivity contribution in [2.45, 2.75) is 45.4 Å². The number of carbonyl (C=O) groups excluding carboxylic acids is 3. The molecule has 1 spiro atoms. The molecule has 0 aromatic heterocycles. The van der Waals surface area contributed by atoms with Crippen LogP contribution < -0.4 is 5.32 Å². The van der Waals surface area contributed by atoms with Crippen LogP contribution in [0.5, 0.6) is 0 Å². The number of imide groups is 1. The van der Waals surface area contributed by atoms with Gasteiger partial charge in [-0.2, -0.15) is 0 Å². The Bertz CT molecular complexity index is 700. The van der Waals surface area contributed by atoms with Gasteiger partial charge in [-0.1, -0.05) is 25.5 Å². The number of nitrogens with one attached hydrogen (secondary N) is 1. The van der Waals surface area contributed by atoms with Gasteiger partial charge in [0.15, 0.2) is 5.72 Å². The summed E-state index contributed by atoms with van der Waals surface area (Å²) in [6.45, 7) is 6.23. The van der Waals surface area contributed by atoms with E-state index < -0.39 is 11.8 Å². The minimum atomic E-state index is -0.863. The van der Waals surface area contributed by atoms with Crippen LogP contribution in [0.4, 0.5) is 0 Å². The van der Waals surface area contributed by atoms with Crippen LogP contribution in [0.15, 0.2) is 18.2 Å². The van der Waals surface area contributed by atoms with Crippen LogP contribution in [0.3, 0.4) is 0 Å². The predicted octanol–water partition coefficient (Wildman–Crippen LogP) is 1.87. The van der Waals surface area contributed by atoms with Gasteiger partial charge in [0.2, 0.25) is 5.91 Å². The first kappa shape index (κ1) is 15.7. The SMILES string of the molecule is CC.Cc1ccc2c(c1)C(=O)N(C1CCC(=O)NC13CO3)C2=O.[HH]. The number of benzene rings is 1. The summed E-state index contributed by atoms with van der Waals surface area (Å²) in [6, 6.07) is 4.81. The summed E-state index contributed by atoms with van der Waals surface area (Å²) in [5, 5.41) is 2.77. The number of hydrogen-bond donors (Lipinski definition) is 1. The number of aryl methyl sites for hydroxylation is 1. The molecule has 0 radical (unpaired) electrons. The third-order valence-electron chi connectivity index (χ3n) is 4.37. The van der Waals surface area contributed by atoms with Gasteiger partial charge in [-0.3, -0.25) is 19.3 Å². The number of rotatable bonds is 1. The molecule has 3 heterocycles. The zero-order valence-electron chi connectivity index (χ0n) is 13.5. The van der Waals surface area contributed by atoms with Crippen molar-refractivity contribution in [2.24, 2.45) is 0 Å². The highest BCUT2D eigenvalue weighted by molar-refractivity contribution is 6.21. The van der Waals surface area contributed by atoms with E-state index in [1.807, 2.05) is 26.8 Å². The molecule has 2 unspecified atom stereocenters. The quantitative estimate of drug-likeness (QED) is 0.633. The lowest BCUT2D eigenvalue weighted by Crippen LogP contribution is -2.59. The molecule has 6 nitrogen and oxygen atoms in total. The fourth-order valence-electron chi connectivity index (χ4n) is 3.22. The Kier molecular flexibility index (Phi) is 3.72. The average Bonchev–Trinajstić information content (AvgIpc) is 3.26. The lowest BCUT2D eigenvalue weighted by atomic mass is 9.97. The lowest BCUT2D eigenvalue weighted by molar-refractivity contribution is -0.126. The second-order valence-corrected chi connectivity index (χ2v) is 5.81. The van der Waals surface area contributed by atoms with E-state index in [2.05, 4.69) is 5.32 Å². The zero-order chi connectivity index (χ0) is 16.8. The summed E-state index contributed by atoms with van der Waals surface area (Å²) in [4.78, 5) is 37.9. The van der Waals surface area contributed by atoms with E-state index in [9.17, 15) is 14.4 Å². The van der Waals surface area contributed by atoms with Crippen LogP contribution in [-0.2, 0) is 9.53 Å². The van der Waals surface area contributed by atoms with E-state index in [1.54, 1.807) is 12.1 Å². The third-order valence-corrected chi connectivity index (χ3v) is 4.37. The standard InChI is InChI=1S/C15H14N2O4.C2H6.H2/c1-8-2-3-9-10(6-8)14(20)17(13(9)19)11-4-5-12(18)16-15(11)7-21-15;1-2;/h2-3,6,11H,4-5,7H2,1H3,(H,16,18);1-2H3;1H. The molecule has 0 aliphatic carbocycles. The Hall–Kier alpha value is -2.21. The Morgan fingerprint density at radius 2 is 1.87 bits per heavy atom. The average molecular weight is 318 g/mol. The Morgan fingerprint density at radius 3 is 2.52 bits per heavy atom. The number of nitrogens with zero attached hydrogens (tertiary/aromatic N) is 1. The highest BCUT2D eigenvalue weighted by Gasteiger charge is 2.60. The first-order valence-corrected chi connectivity index (χ1v) is 7.95. The summed E-state index contributed by atoms with van der Waals surface area (Å²) in [5.41, 5.74) is 0.940. The molecule has 6 heteroatoms. The van der Waals surface area contributed by atoms with E-state index >= 15 is 0 Å². The number of amides is 3. The second-order valence-electron chi connectivity index (χ2n) is 5.81. The van der Waals surface area contributed by atoms with Crippen molar-refractivity contribution in [2.75, 3.05) is 6.61 Å². The molecule has 2 fully saturated rings. The maximum Gasteiger partial charge on any atom is 0.261 e. The van der Waals surface area contributed by atoms with Gasteiger partial charge in [-0.25, -0.2) is 0 Å². The van der Waals surface area contributed by atoms with Crippen molar-refractivity contribution < 1.29 is 20.5 Å². The van der Waals surface area contributed by atoms with Gasteiger partial charge in [-0.05, 0) is 25.5 Å². The molecule has 1 aromatic rings. The molecule has 4 rings (SSSR count). The zero-order valence-corrected chi connectivity index (χ0v) is 13.5. The number of carbonyl (C=O) groups is 3. The van der Waals surface area contributed by atoms with Gasteiger partial charge < -0.3 is 10.1 Å². The van der Waals surface area contributed by atoms with Gasteiger partial charge in [-0.15, -0.1) is 0 Å².